The number of rotatable bonds is 6. The van der Waals surface area contributed by atoms with E-state index in [1.54, 1.807) is 0 Å². The second kappa shape index (κ2) is 9.87. The maximum atomic E-state index is 12.3. The zero-order valence-corrected chi connectivity index (χ0v) is 17.4. The molecule has 0 fully saturated rings. The highest BCUT2D eigenvalue weighted by molar-refractivity contribution is 5.85. The van der Waals surface area contributed by atoms with Crippen LogP contribution in [-0.2, 0) is 6.61 Å². The van der Waals surface area contributed by atoms with E-state index in [1.807, 2.05) is 56.3 Å². The molecule has 30 heavy (non-hydrogen) atoms. The first kappa shape index (κ1) is 23.6. The quantitative estimate of drug-likeness (QED) is 0.495. The number of hydrogen-bond donors (Lipinski definition) is 1. The van der Waals surface area contributed by atoms with E-state index in [9.17, 15) is 13.2 Å². The summed E-state index contributed by atoms with van der Waals surface area (Å²) < 4.78 is 46.8. The van der Waals surface area contributed by atoms with Gasteiger partial charge in [-0.3, -0.25) is 0 Å². The molecule has 7 heteroatoms. The van der Waals surface area contributed by atoms with Crippen molar-refractivity contribution >= 4 is 12.4 Å². The van der Waals surface area contributed by atoms with Crippen molar-refractivity contribution in [2.75, 3.05) is 0 Å². The molecule has 1 atom stereocenters. The number of alkyl halides is 3. The fraction of sp³-hybridized carbons (Fsp3) is 0.217. The smallest absolute Gasteiger partial charge is 0.488 e. The van der Waals surface area contributed by atoms with E-state index >= 15 is 0 Å². The minimum Gasteiger partial charge on any atom is -0.488 e. The number of aryl methyl sites for hydroxylation is 2. The third kappa shape index (κ3) is 6.15. The Morgan fingerprint density at radius 2 is 1.43 bits per heavy atom. The maximum absolute atomic E-state index is 12.3. The van der Waals surface area contributed by atoms with Gasteiger partial charge in [0.15, 0.2) is 0 Å². The summed E-state index contributed by atoms with van der Waals surface area (Å²) in [5, 5.41) is 0. The average molecular weight is 438 g/mol. The molecular formula is C23H23ClF3NO2. The molecule has 0 aliphatic carbocycles. The lowest BCUT2D eigenvalue weighted by Gasteiger charge is -2.18. The number of ether oxygens (including phenoxy) is 2. The predicted molar refractivity (Wildman–Crippen MR) is 113 cm³/mol. The van der Waals surface area contributed by atoms with Crippen molar-refractivity contribution in [3.05, 3.63) is 94.5 Å². The Morgan fingerprint density at radius 3 is 1.97 bits per heavy atom. The van der Waals surface area contributed by atoms with E-state index in [1.165, 1.54) is 24.3 Å². The summed E-state index contributed by atoms with van der Waals surface area (Å²) >= 11 is 0. The third-order valence-electron chi connectivity index (χ3n) is 4.54. The van der Waals surface area contributed by atoms with E-state index < -0.39 is 12.4 Å². The fourth-order valence-corrected chi connectivity index (χ4v) is 3.19. The zero-order valence-electron chi connectivity index (χ0n) is 16.6. The first-order valence-electron chi connectivity index (χ1n) is 9.12. The SMILES string of the molecule is Cc1cc([C@@H](N)c2ccc(OC(F)(F)F)cc2)cc(C)c1OCc1ccccc1.Cl. The van der Waals surface area contributed by atoms with Gasteiger partial charge in [-0.15, -0.1) is 25.6 Å². The van der Waals surface area contributed by atoms with Crippen LogP contribution in [0.15, 0.2) is 66.7 Å². The van der Waals surface area contributed by atoms with E-state index in [-0.39, 0.29) is 18.2 Å². The number of benzene rings is 3. The lowest BCUT2D eigenvalue weighted by atomic mass is 9.95. The van der Waals surface area contributed by atoms with Crippen molar-refractivity contribution in [2.24, 2.45) is 5.73 Å². The average Bonchev–Trinajstić information content (AvgIpc) is 2.67. The van der Waals surface area contributed by atoms with E-state index in [0.29, 0.717) is 12.2 Å². The molecule has 3 nitrogen and oxygen atoms in total. The molecule has 0 bridgehead atoms. The van der Waals surface area contributed by atoms with Crippen molar-refractivity contribution in [1.29, 1.82) is 0 Å². The first-order valence-corrected chi connectivity index (χ1v) is 9.12. The van der Waals surface area contributed by atoms with Gasteiger partial charge in [-0.25, -0.2) is 0 Å². The highest BCUT2D eigenvalue weighted by atomic mass is 35.5. The Morgan fingerprint density at radius 1 is 0.867 bits per heavy atom. The summed E-state index contributed by atoms with van der Waals surface area (Å²) in [6.45, 7) is 4.36. The van der Waals surface area contributed by atoms with Crippen LogP contribution in [0.2, 0.25) is 0 Å². The molecule has 3 aromatic rings. The van der Waals surface area contributed by atoms with Gasteiger partial charge < -0.3 is 15.2 Å². The van der Waals surface area contributed by atoms with Gasteiger partial charge in [0.2, 0.25) is 0 Å². The van der Waals surface area contributed by atoms with Gasteiger partial charge >= 0.3 is 6.36 Å². The summed E-state index contributed by atoms with van der Waals surface area (Å²) in [6.07, 6.45) is -4.71. The van der Waals surface area contributed by atoms with Crippen LogP contribution in [0.4, 0.5) is 13.2 Å². The van der Waals surface area contributed by atoms with Crippen molar-refractivity contribution < 1.29 is 22.6 Å². The summed E-state index contributed by atoms with van der Waals surface area (Å²) in [4.78, 5) is 0. The van der Waals surface area contributed by atoms with Crippen LogP contribution < -0.4 is 15.2 Å². The number of nitrogens with two attached hydrogens (primary N) is 1. The molecule has 3 aromatic carbocycles. The molecule has 0 saturated heterocycles. The monoisotopic (exact) mass is 437 g/mol. The number of halogens is 4. The standard InChI is InChI=1S/C23H22F3NO2.ClH/c1-15-12-19(13-16(2)22(15)28-14-17-6-4-3-5-7-17)21(27)18-8-10-20(11-9-18)29-23(24,25)26;/h3-13,21H,14,27H2,1-2H3;1H/t21-;/m0./s1. The Hall–Kier alpha value is -2.70. The Kier molecular flexibility index (Phi) is 7.76. The zero-order chi connectivity index (χ0) is 21.0. The van der Waals surface area contributed by atoms with Crippen molar-refractivity contribution in [3.63, 3.8) is 0 Å². The summed E-state index contributed by atoms with van der Waals surface area (Å²) in [5.41, 5.74) is 10.9. The Bertz CT molecular complexity index is 937. The molecule has 0 radical (unpaired) electrons. The molecule has 2 N–H and O–H groups in total. The van der Waals surface area contributed by atoms with Gasteiger partial charge in [0.05, 0.1) is 6.04 Å². The lowest BCUT2D eigenvalue weighted by Crippen LogP contribution is -2.17. The van der Waals surface area contributed by atoms with Crippen LogP contribution in [0.5, 0.6) is 11.5 Å². The molecule has 3 rings (SSSR count). The normalized spacial score (nSPS) is 12.1. The Balaban J connectivity index is 0.00000320. The van der Waals surface area contributed by atoms with E-state index in [2.05, 4.69) is 4.74 Å². The van der Waals surface area contributed by atoms with E-state index in [0.717, 1.165) is 28.0 Å². The highest BCUT2D eigenvalue weighted by Gasteiger charge is 2.31. The van der Waals surface area contributed by atoms with Crippen LogP contribution in [0.3, 0.4) is 0 Å². The van der Waals surface area contributed by atoms with Crippen molar-refractivity contribution in [1.82, 2.24) is 0 Å². The molecule has 0 saturated carbocycles. The second-order valence-corrected chi connectivity index (χ2v) is 6.85. The van der Waals surface area contributed by atoms with Crippen molar-refractivity contribution in [2.45, 2.75) is 32.9 Å². The van der Waals surface area contributed by atoms with E-state index in [4.69, 9.17) is 10.5 Å². The fourth-order valence-electron chi connectivity index (χ4n) is 3.19. The first-order chi connectivity index (χ1) is 13.7. The van der Waals surface area contributed by atoms with Crippen LogP contribution >= 0.6 is 12.4 Å². The van der Waals surface area contributed by atoms with Crippen molar-refractivity contribution in [3.8, 4) is 11.5 Å². The molecule has 0 unspecified atom stereocenters. The van der Waals surface area contributed by atoms with Gasteiger partial charge in [0.25, 0.3) is 0 Å². The number of hydrogen-bond acceptors (Lipinski definition) is 3. The highest BCUT2D eigenvalue weighted by Crippen LogP contribution is 2.31. The minimum absolute atomic E-state index is 0. The molecule has 0 aliphatic heterocycles. The maximum Gasteiger partial charge on any atom is 0.573 e. The molecular weight excluding hydrogens is 415 g/mol. The molecule has 0 spiro atoms. The summed E-state index contributed by atoms with van der Waals surface area (Å²) in [7, 11) is 0. The van der Waals surface area contributed by atoms with Crippen LogP contribution in [0.25, 0.3) is 0 Å². The molecule has 0 heterocycles. The van der Waals surface area contributed by atoms with Gasteiger partial charge in [0.1, 0.15) is 18.1 Å². The van der Waals surface area contributed by atoms with Gasteiger partial charge in [-0.1, -0.05) is 54.6 Å². The van der Waals surface area contributed by atoms with Crippen LogP contribution in [0, 0.1) is 13.8 Å². The Labute approximate surface area is 180 Å². The topological polar surface area (TPSA) is 44.5 Å². The molecule has 0 aromatic heterocycles. The van der Waals surface area contributed by atoms with Gasteiger partial charge in [0, 0.05) is 0 Å². The molecule has 160 valence electrons. The summed E-state index contributed by atoms with van der Waals surface area (Å²) in [6, 6.07) is 18.9. The lowest BCUT2D eigenvalue weighted by molar-refractivity contribution is -0.274. The summed E-state index contributed by atoms with van der Waals surface area (Å²) in [5.74, 6) is 0.532. The second-order valence-electron chi connectivity index (χ2n) is 6.85. The van der Waals surface area contributed by atoms with Crippen LogP contribution in [0.1, 0.15) is 33.9 Å². The van der Waals surface area contributed by atoms with Crippen LogP contribution in [-0.4, -0.2) is 6.36 Å². The minimum atomic E-state index is -4.71. The largest absolute Gasteiger partial charge is 0.573 e. The predicted octanol–water partition coefficient (Wildman–Crippen LogP) is 6.25. The molecule has 0 aliphatic rings. The van der Waals surface area contributed by atoms with Gasteiger partial charge in [-0.05, 0) is 53.8 Å². The van der Waals surface area contributed by atoms with Gasteiger partial charge in [-0.2, -0.15) is 0 Å². The third-order valence-corrected chi connectivity index (χ3v) is 4.54. The molecule has 0 amide bonds.